The Balaban J connectivity index is 1.91. The van der Waals surface area contributed by atoms with E-state index in [1.807, 2.05) is 0 Å². The summed E-state index contributed by atoms with van der Waals surface area (Å²) in [6, 6.07) is 15.6. The van der Waals surface area contributed by atoms with E-state index in [2.05, 4.69) is 18.3 Å². The number of carbonyl (C=O) groups is 2. The molecule has 0 saturated heterocycles. The number of hydrogen-bond acceptors (Lipinski definition) is 6. The molecule has 0 aliphatic rings. The molecular formula is C27H35N3O6. The van der Waals surface area contributed by atoms with E-state index in [1.54, 1.807) is 60.4 Å². The van der Waals surface area contributed by atoms with Gasteiger partial charge in [-0.1, -0.05) is 25.5 Å². The molecule has 2 amide bonds. The van der Waals surface area contributed by atoms with Crippen molar-refractivity contribution in [1.29, 1.82) is 5.26 Å². The fourth-order valence-electron chi connectivity index (χ4n) is 3.30. The predicted octanol–water partition coefficient (Wildman–Crippen LogP) is 4.32. The third-order valence-corrected chi connectivity index (χ3v) is 5.32. The van der Waals surface area contributed by atoms with Crippen molar-refractivity contribution in [3.63, 3.8) is 0 Å². The fourth-order valence-corrected chi connectivity index (χ4v) is 3.30. The van der Waals surface area contributed by atoms with Gasteiger partial charge >= 0.3 is 12.0 Å². The highest BCUT2D eigenvalue weighted by atomic mass is 16.5. The summed E-state index contributed by atoms with van der Waals surface area (Å²) in [5.74, 6) is -0.371. The Morgan fingerprint density at radius 1 is 1.03 bits per heavy atom. The van der Waals surface area contributed by atoms with Crippen LogP contribution in [0.2, 0.25) is 0 Å². The molecule has 194 valence electrons. The first-order valence-corrected chi connectivity index (χ1v) is 12.2. The van der Waals surface area contributed by atoms with Crippen LogP contribution in [-0.2, 0) is 20.7 Å². The first kappa shape index (κ1) is 28.6. The number of rotatable bonds is 16. The first-order valence-electron chi connectivity index (χ1n) is 12.2. The van der Waals surface area contributed by atoms with Crippen LogP contribution in [0.25, 0.3) is 0 Å². The van der Waals surface area contributed by atoms with Gasteiger partial charge in [-0.2, -0.15) is 5.26 Å². The van der Waals surface area contributed by atoms with Gasteiger partial charge < -0.3 is 29.5 Å². The van der Waals surface area contributed by atoms with Crippen molar-refractivity contribution < 1.29 is 28.9 Å². The summed E-state index contributed by atoms with van der Waals surface area (Å²) < 4.78 is 16.7. The number of benzene rings is 2. The summed E-state index contributed by atoms with van der Waals surface area (Å²) in [5.41, 5.74) is 1.94. The van der Waals surface area contributed by atoms with E-state index < -0.39 is 12.1 Å². The van der Waals surface area contributed by atoms with Gasteiger partial charge in [0.25, 0.3) is 0 Å². The molecular weight excluding hydrogens is 462 g/mol. The fraction of sp³-hybridized carbons (Fsp3) is 0.444. The first-order chi connectivity index (χ1) is 17.5. The second-order valence-corrected chi connectivity index (χ2v) is 8.05. The van der Waals surface area contributed by atoms with Crippen LogP contribution in [0.4, 0.5) is 10.5 Å². The van der Waals surface area contributed by atoms with E-state index in [0.29, 0.717) is 49.9 Å². The van der Waals surface area contributed by atoms with Crippen molar-refractivity contribution in [2.45, 2.75) is 39.2 Å². The van der Waals surface area contributed by atoms with E-state index in [-0.39, 0.29) is 19.1 Å². The van der Waals surface area contributed by atoms with E-state index in [0.717, 1.165) is 18.4 Å². The molecule has 0 fully saturated rings. The van der Waals surface area contributed by atoms with Crippen molar-refractivity contribution in [1.82, 2.24) is 4.90 Å². The molecule has 0 aromatic heterocycles. The molecule has 0 saturated carbocycles. The maximum Gasteiger partial charge on any atom is 0.333 e. The Morgan fingerprint density at radius 2 is 1.72 bits per heavy atom. The van der Waals surface area contributed by atoms with E-state index >= 15 is 0 Å². The molecule has 2 aromatic carbocycles. The monoisotopic (exact) mass is 497 g/mol. The maximum atomic E-state index is 12.9. The molecule has 0 radical (unpaired) electrons. The second-order valence-electron chi connectivity index (χ2n) is 8.05. The number of nitrogens with one attached hydrogen (secondary N) is 1. The standard InChI is InChI=1S/C27H35N3O6/c1-3-5-16-34-17-14-30(27(33)29-23-10-6-22(20-28)7-11-23)15-18-36-24-12-8-21(9-13-24)19-25(26(31)32)35-4-2/h6-13,25H,3-5,14-19H2,1-2H3,(H,29,33)(H,31,32). The number of ether oxygens (including phenoxy) is 3. The highest BCUT2D eigenvalue weighted by Crippen LogP contribution is 2.15. The third-order valence-electron chi connectivity index (χ3n) is 5.32. The van der Waals surface area contributed by atoms with Gasteiger partial charge in [-0.15, -0.1) is 0 Å². The zero-order valence-corrected chi connectivity index (χ0v) is 20.9. The molecule has 1 atom stereocenters. The molecule has 0 spiro atoms. The van der Waals surface area contributed by atoms with Crippen LogP contribution in [0.3, 0.4) is 0 Å². The second kappa shape index (κ2) is 16.1. The van der Waals surface area contributed by atoms with Crippen LogP contribution < -0.4 is 10.1 Å². The summed E-state index contributed by atoms with van der Waals surface area (Å²) in [4.78, 5) is 25.8. The number of urea groups is 1. The molecule has 9 nitrogen and oxygen atoms in total. The van der Waals surface area contributed by atoms with E-state index in [4.69, 9.17) is 19.5 Å². The average Bonchev–Trinajstić information content (AvgIpc) is 2.88. The lowest BCUT2D eigenvalue weighted by molar-refractivity contribution is -0.149. The lowest BCUT2D eigenvalue weighted by Gasteiger charge is -2.23. The predicted molar refractivity (Wildman–Crippen MR) is 136 cm³/mol. The van der Waals surface area contributed by atoms with Gasteiger partial charge in [-0.25, -0.2) is 9.59 Å². The maximum absolute atomic E-state index is 12.9. The van der Waals surface area contributed by atoms with Crippen LogP contribution in [-0.4, -0.2) is 67.6 Å². The minimum absolute atomic E-state index is 0.269. The van der Waals surface area contributed by atoms with E-state index in [1.165, 1.54) is 0 Å². The summed E-state index contributed by atoms with van der Waals surface area (Å²) in [6.45, 7) is 6.26. The summed E-state index contributed by atoms with van der Waals surface area (Å²) >= 11 is 0. The number of nitrogens with zero attached hydrogens (tertiary/aromatic N) is 2. The molecule has 9 heteroatoms. The number of hydrogen-bond donors (Lipinski definition) is 2. The quantitative estimate of drug-likeness (QED) is 0.331. The SMILES string of the molecule is CCCCOCCN(CCOc1ccc(CC(OCC)C(=O)O)cc1)C(=O)Nc1ccc(C#N)cc1. The van der Waals surface area contributed by atoms with Crippen molar-refractivity contribution in [3.05, 3.63) is 59.7 Å². The summed E-state index contributed by atoms with van der Waals surface area (Å²) in [5, 5.41) is 21.0. The Kier molecular flexibility index (Phi) is 12.8. The smallest absolute Gasteiger partial charge is 0.333 e. The number of unbranched alkanes of at least 4 members (excludes halogenated alkanes) is 1. The summed E-state index contributed by atoms with van der Waals surface area (Å²) in [6.07, 6.45) is 1.39. The van der Waals surface area contributed by atoms with Gasteiger partial charge in [0.1, 0.15) is 12.4 Å². The number of nitriles is 1. The van der Waals surface area contributed by atoms with Crippen molar-refractivity contribution >= 4 is 17.7 Å². The molecule has 0 heterocycles. The number of carbonyl (C=O) groups excluding carboxylic acids is 1. The van der Waals surface area contributed by atoms with Gasteiger partial charge in [0.2, 0.25) is 0 Å². The lowest BCUT2D eigenvalue weighted by atomic mass is 10.1. The van der Waals surface area contributed by atoms with Gasteiger partial charge in [0, 0.05) is 31.9 Å². The topological polar surface area (TPSA) is 121 Å². The normalized spacial score (nSPS) is 11.4. The largest absolute Gasteiger partial charge is 0.492 e. The van der Waals surface area contributed by atoms with Crippen molar-refractivity contribution in [2.24, 2.45) is 0 Å². The molecule has 2 N–H and O–H groups in total. The summed E-state index contributed by atoms with van der Waals surface area (Å²) in [7, 11) is 0. The zero-order chi connectivity index (χ0) is 26.2. The zero-order valence-electron chi connectivity index (χ0n) is 20.9. The molecule has 0 bridgehead atoms. The van der Waals surface area contributed by atoms with Crippen molar-refractivity contribution in [2.75, 3.05) is 44.8 Å². The van der Waals surface area contributed by atoms with Gasteiger partial charge in [-0.05, 0) is 55.3 Å². The third kappa shape index (κ3) is 10.3. The Labute approximate surface area is 212 Å². The average molecular weight is 498 g/mol. The van der Waals surface area contributed by atoms with Gasteiger partial charge in [0.05, 0.1) is 24.8 Å². The van der Waals surface area contributed by atoms with E-state index in [9.17, 15) is 14.7 Å². The number of aliphatic carboxylic acids is 1. The highest BCUT2D eigenvalue weighted by molar-refractivity contribution is 5.89. The molecule has 36 heavy (non-hydrogen) atoms. The number of anilines is 1. The lowest BCUT2D eigenvalue weighted by Crippen LogP contribution is -2.40. The van der Waals surface area contributed by atoms with Crippen LogP contribution >= 0.6 is 0 Å². The number of amides is 2. The van der Waals surface area contributed by atoms with Gasteiger partial charge in [0.15, 0.2) is 6.10 Å². The molecule has 0 aliphatic heterocycles. The number of carboxylic acid groups (broad SMARTS) is 1. The Hall–Kier alpha value is -3.61. The van der Waals surface area contributed by atoms with Gasteiger partial charge in [-0.3, -0.25) is 0 Å². The molecule has 2 aromatic rings. The Morgan fingerprint density at radius 3 is 2.33 bits per heavy atom. The Bertz CT molecular complexity index is 972. The van der Waals surface area contributed by atoms with Crippen LogP contribution in [0, 0.1) is 11.3 Å². The van der Waals surface area contributed by atoms with Crippen LogP contribution in [0.1, 0.15) is 37.8 Å². The molecule has 0 aliphatic carbocycles. The van der Waals surface area contributed by atoms with Crippen LogP contribution in [0.5, 0.6) is 5.75 Å². The number of carboxylic acids is 1. The van der Waals surface area contributed by atoms with Crippen LogP contribution in [0.15, 0.2) is 48.5 Å². The molecule has 2 rings (SSSR count). The molecule has 1 unspecified atom stereocenters. The minimum Gasteiger partial charge on any atom is -0.492 e. The minimum atomic E-state index is -0.991. The van der Waals surface area contributed by atoms with Crippen molar-refractivity contribution in [3.8, 4) is 11.8 Å². The highest BCUT2D eigenvalue weighted by Gasteiger charge is 2.18.